The van der Waals surface area contributed by atoms with Crippen LogP contribution in [0.1, 0.15) is 45.6 Å². The topological polar surface area (TPSA) is 36.3 Å². The zero-order valence-electron chi connectivity index (χ0n) is 16.6. The summed E-state index contributed by atoms with van der Waals surface area (Å²) in [7, 11) is 2.14. The maximum Gasteiger partial charge on any atom is 0.387 e. The van der Waals surface area contributed by atoms with Gasteiger partial charge in [-0.05, 0) is 60.8 Å². The predicted octanol–water partition coefficient (Wildman–Crippen LogP) is 5.96. The average molecular weight is 376 g/mol. The summed E-state index contributed by atoms with van der Waals surface area (Å²) in [6.07, 6.45) is 3.12. The Balaban J connectivity index is 2.19. The van der Waals surface area contributed by atoms with Crippen molar-refractivity contribution in [3.63, 3.8) is 0 Å². The fraction of sp³-hybridized carbons (Fsp3) is 0.500. The Morgan fingerprint density at radius 2 is 1.63 bits per heavy atom. The van der Waals surface area contributed by atoms with Gasteiger partial charge in [0.15, 0.2) is 0 Å². The molecule has 2 aromatic rings. The SMILES string of the molecule is CCC(CN(C)C(CC)CC)C(=N)c1ccc2cc(OC(F)F)ccc2c1. The molecule has 0 spiro atoms. The predicted molar refractivity (Wildman–Crippen MR) is 108 cm³/mol. The van der Waals surface area contributed by atoms with Crippen molar-refractivity contribution in [1.29, 1.82) is 5.41 Å². The molecule has 0 amide bonds. The quantitative estimate of drug-likeness (QED) is 0.520. The van der Waals surface area contributed by atoms with Crippen LogP contribution in [0.4, 0.5) is 8.78 Å². The third kappa shape index (κ3) is 5.48. The molecule has 1 N–H and O–H groups in total. The molecule has 0 fully saturated rings. The van der Waals surface area contributed by atoms with Crippen LogP contribution in [0, 0.1) is 11.3 Å². The first-order valence-corrected chi connectivity index (χ1v) is 9.67. The molecule has 0 saturated carbocycles. The fourth-order valence-electron chi connectivity index (χ4n) is 3.64. The first kappa shape index (κ1) is 21.3. The van der Waals surface area contributed by atoms with Crippen LogP contribution >= 0.6 is 0 Å². The maximum atomic E-state index is 12.4. The molecule has 0 radical (unpaired) electrons. The third-order valence-electron chi connectivity index (χ3n) is 5.32. The highest BCUT2D eigenvalue weighted by Gasteiger charge is 2.20. The molecule has 0 aliphatic carbocycles. The Labute approximate surface area is 160 Å². The minimum atomic E-state index is -2.83. The van der Waals surface area contributed by atoms with Crippen LogP contribution in [-0.2, 0) is 0 Å². The molecule has 0 heterocycles. The van der Waals surface area contributed by atoms with E-state index in [2.05, 4.69) is 37.5 Å². The van der Waals surface area contributed by atoms with Crippen molar-refractivity contribution in [2.45, 2.75) is 52.7 Å². The summed E-state index contributed by atoms with van der Waals surface area (Å²) >= 11 is 0. The van der Waals surface area contributed by atoms with Crippen LogP contribution in [0.3, 0.4) is 0 Å². The van der Waals surface area contributed by atoms with Crippen molar-refractivity contribution in [2.24, 2.45) is 5.92 Å². The van der Waals surface area contributed by atoms with Gasteiger partial charge in [0.2, 0.25) is 0 Å². The largest absolute Gasteiger partial charge is 0.435 e. The second-order valence-corrected chi connectivity index (χ2v) is 7.03. The molecule has 1 atom stereocenters. The van der Waals surface area contributed by atoms with Crippen molar-refractivity contribution in [3.05, 3.63) is 42.0 Å². The summed E-state index contributed by atoms with van der Waals surface area (Å²) in [6, 6.07) is 11.2. The number of alkyl halides is 2. The second kappa shape index (κ2) is 9.79. The van der Waals surface area contributed by atoms with Gasteiger partial charge in [0.05, 0.1) is 0 Å². The van der Waals surface area contributed by atoms with Gasteiger partial charge in [-0.1, -0.05) is 39.0 Å². The van der Waals surface area contributed by atoms with E-state index < -0.39 is 6.61 Å². The van der Waals surface area contributed by atoms with Gasteiger partial charge < -0.3 is 15.0 Å². The Morgan fingerprint density at radius 1 is 1.00 bits per heavy atom. The van der Waals surface area contributed by atoms with Crippen molar-refractivity contribution in [2.75, 3.05) is 13.6 Å². The standard InChI is InChI=1S/C22H30F2N2O/c1-5-15(14-26(4)19(6-2)7-3)21(25)18-9-8-17-13-20(27-22(23)24)11-10-16(17)12-18/h8-13,15,19,22,25H,5-7,14H2,1-4H3. The summed E-state index contributed by atoms with van der Waals surface area (Å²) in [4.78, 5) is 2.36. The highest BCUT2D eigenvalue weighted by atomic mass is 19.3. The molecule has 27 heavy (non-hydrogen) atoms. The summed E-state index contributed by atoms with van der Waals surface area (Å²) in [6.45, 7) is 4.56. The third-order valence-corrected chi connectivity index (χ3v) is 5.32. The maximum absolute atomic E-state index is 12.4. The van der Waals surface area contributed by atoms with Gasteiger partial charge in [0, 0.05) is 24.2 Å². The lowest BCUT2D eigenvalue weighted by Gasteiger charge is -2.30. The van der Waals surface area contributed by atoms with Crippen molar-refractivity contribution in [1.82, 2.24) is 4.90 Å². The smallest absolute Gasteiger partial charge is 0.387 e. The zero-order chi connectivity index (χ0) is 20.0. The molecule has 3 nitrogen and oxygen atoms in total. The number of rotatable bonds is 10. The van der Waals surface area contributed by atoms with Crippen LogP contribution in [0.5, 0.6) is 5.75 Å². The van der Waals surface area contributed by atoms with Gasteiger partial charge in [0.25, 0.3) is 0 Å². The molecule has 0 saturated heterocycles. The van der Waals surface area contributed by atoms with E-state index >= 15 is 0 Å². The monoisotopic (exact) mass is 376 g/mol. The Bertz CT molecular complexity index is 759. The number of benzene rings is 2. The van der Waals surface area contributed by atoms with E-state index in [-0.39, 0.29) is 11.7 Å². The molecule has 0 aliphatic rings. The van der Waals surface area contributed by atoms with Gasteiger partial charge in [-0.25, -0.2) is 0 Å². The van der Waals surface area contributed by atoms with Crippen LogP contribution in [0.2, 0.25) is 0 Å². The number of hydrogen-bond acceptors (Lipinski definition) is 3. The number of fused-ring (bicyclic) bond motifs is 1. The minimum Gasteiger partial charge on any atom is -0.435 e. The highest BCUT2D eigenvalue weighted by molar-refractivity contribution is 6.03. The zero-order valence-corrected chi connectivity index (χ0v) is 16.6. The lowest BCUT2D eigenvalue weighted by Crippen LogP contribution is -2.37. The van der Waals surface area contributed by atoms with E-state index in [0.717, 1.165) is 42.1 Å². The average Bonchev–Trinajstić information content (AvgIpc) is 2.65. The van der Waals surface area contributed by atoms with Crippen molar-refractivity contribution < 1.29 is 13.5 Å². The summed E-state index contributed by atoms with van der Waals surface area (Å²) in [5.74, 6) is 0.313. The number of hydrogen-bond donors (Lipinski definition) is 1. The molecule has 148 valence electrons. The van der Waals surface area contributed by atoms with Crippen LogP contribution in [-0.4, -0.2) is 36.9 Å². The summed E-state index contributed by atoms with van der Waals surface area (Å²) in [5, 5.41) is 10.4. The molecule has 0 aromatic heterocycles. The molecule has 5 heteroatoms. The molecule has 0 bridgehead atoms. The van der Waals surface area contributed by atoms with E-state index in [9.17, 15) is 8.78 Å². The van der Waals surface area contributed by atoms with Gasteiger partial charge in [-0.2, -0.15) is 8.78 Å². The second-order valence-electron chi connectivity index (χ2n) is 7.03. The number of ether oxygens (including phenoxy) is 1. The summed E-state index contributed by atoms with van der Waals surface area (Å²) < 4.78 is 29.2. The summed E-state index contributed by atoms with van der Waals surface area (Å²) in [5.41, 5.74) is 1.51. The molecule has 2 aromatic carbocycles. The molecule has 1 unspecified atom stereocenters. The Morgan fingerprint density at radius 3 is 2.22 bits per heavy atom. The van der Waals surface area contributed by atoms with Gasteiger partial charge >= 0.3 is 6.61 Å². The molecule has 0 aliphatic heterocycles. The van der Waals surface area contributed by atoms with Crippen LogP contribution in [0.25, 0.3) is 10.8 Å². The van der Waals surface area contributed by atoms with Crippen LogP contribution < -0.4 is 4.74 Å². The van der Waals surface area contributed by atoms with Gasteiger partial charge in [-0.3, -0.25) is 0 Å². The minimum absolute atomic E-state index is 0.151. The Hall–Kier alpha value is -2.01. The van der Waals surface area contributed by atoms with Crippen molar-refractivity contribution >= 4 is 16.5 Å². The van der Waals surface area contributed by atoms with E-state index in [4.69, 9.17) is 5.41 Å². The van der Waals surface area contributed by atoms with Crippen LogP contribution in [0.15, 0.2) is 36.4 Å². The molecule has 2 rings (SSSR count). The number of nitrogens with zero attached hydrogens (tertiary/aromatic N) is 1. The van der Waals surface area contributed by atoms with Gasteiger partial charge in [-0.15, -0.1) is 0 Å². The first-order chi connectivity index (χ1) is 12.9. The van der Waals surface area contributed by atoms with E-state index in [0.29, 0.717) is 11.8 Å². The van der Waals surface area contributed by atoms with E-state index in [1.54, 1.807) is 18.2 Å². The fourth-order valence-corrected chi connectivity index (χ4v) is 3.64. The molecular formula is C22H30F2N2O. The lowest BCUT2D eigenvalue weighted by atomic mass is 9.92. The van der Waals surface area contributed by atoms with E-state index in [1.165, 1.54) is 0 Å². The number of nitrogens with one attached hydrogen (secondary N) is 1. The van der Waals surface area contributed by atoms with E-state index in [1.807, 2.05) is 18.2 Å². The Kier molecular flexibility index (Phi) is 7.72. The van der Waals surface area contributed by atoms with Crippen molar-refractivity contribution in [3.8, 4) is 5.75 Å². The number of halogens is 2. The normalized spacial score (nSPS) is 12.9. The lowest BCUT2D eigenvalue weighted by molar-refractivity contribution is -0.0497. The first-order valence-electron chi connectivity index (χ1n) is 9.67. The molecular weight excluding hydrogens is 346 g/mol. The van der Waals surface area contributed by atoms with Gasteiger partial charge in [0.1, 0.15) is 5.75 Å². The highest BCUT2D eigenvalue weighted by Crippen LogP contribution is 2.25.